The lowest BCUT2D eigenvalue weighted by atomic mass is 10.2. The van der Waals surface area contributed by atoms with Gasteiger partial charge in [0.2, 0.25) is 0 Å². The molecule has 4 nitrogen and oxygen atoms in total. The van der Waals surface area contributed by atoms with Crippen LogP contribution in [0.5, 0.6) is 0 Å². The molecular weight excluding hydrogens is 372 g/mol. The molecule has 0 fully saturated rings. The fourth-order valence-corrected chi connectivity index (χ4v) is 2.49. The first kappa shape index (κ1) is 15.0. The predicted octanol–water partition coefficient (Wildman–Crippen LogP) is 4.12. The van der Waals surface area contributed by atoms with E-state index in [1.54, 1.807) is 0 Å². The van der Waals surface area contributed by atoms with Gasteiger partial charge in [-0.25, -0.2) is 9.37 Å². The van der Waals surface area contributed by atoms with Crippen molar-refractivity contribution in [1.29, 1.82) is 0 Å². The summed E-state index contributed by atoms with van der Waals surface area (Å²) in [6.45, 7) is 0. The Kier molecular flexibility index (Phi) is 4.47. The molecule has 0 aliphatic heterocycles. The summed E-state index contributed by atoms with van der Waals surface area (Å²) in [5, 5.41) is 2.78. The maximum absolute atomic E-state index is 13.1. The van der Waals surface area contributed by atoms with Gasteiger partial charge in [-0.2, -0.15) is 0 Å². The van der Waals surface area contributed by atoms with Gasteiger partial charge in [-0.1, -0.05) is 23.2 Å². The van der Waals surface area contributed by atoms with Gasteiger partial charge in [0.1, 0.15) is 11.6 Å². The Balaban J connectivity index is 2.30. The van der Waals surface area contributed by atoms with Crippen LogP contribution in [0.4, 0.5) is 15.9 Å². The molecule has 1 aromatic carbocycles. The molecule has 2 aromatic rings. The van der Waals surface area contributed by atoms with Gasteiger partial charge in [0.05, 0.1) is 21.3 Å². The lowest BCUT2D eigenvalue weighted by Gasteiger charge is -2.10. The normalized spacial score (nSPS) is 10.4. The van der Waals surface area contributed by atoms with E-state index in [0.717, 1.165) is 6.07 Å². The van der Waals surface area contributed by atoms with E-state index >= 15 is 0 Å². The number of aromatic nitrogens is 1. The molecule has 0 spiro atoms. The largest absolute Gasteiger partial charge is 0.382 e. The zero-order valence-electron chi connectivity index (χ0n) is 9.75. The first-order valence-electron chi connectivity index (χ1n) is 5.25. The highest BCUT2D eigenvalue weighted by molar-refractivity contribution is 9.10. The van der Waals surface area contributed by atoms with Crippen LogP contribution in [-0.4, -0.2) is 10.9 Å². The summed E-state index contributed by atoms with van der Waals surface area (Å²) in [5.41, 5.74) is 5.92. The Morgan fingerprint density at radius 1 is 1.30 bits per heavy atom. The summed E-state index contributed by atoms with van der Waals surface area (Å²) in [7, 11) is 0. The van der Waals surface area contributed by atoms with Crippen molar-refractivity contribution in [2.24, 2.45) is 0 Å². The molecule has 1 aromatic heterocycles. The molecule has 2 rings (SSSR count). The SMILES string of the molecule is Nc1ncc(C(=O)Nc2c(Cl)cc(F)cc2Br)cc1Cl. The average Bonchev–Trinajstić information content (AvgIpc) is 2.36. The molecule has 0 aliphatic rings. The van der Waals surface area contributed by atoms with Gasteiger partial charge < -0.3 is 11.1 Å². The molecule has 8 heteroatoms. The van der Waals surface area contributed by atoms with E-state index in [0.29, 0.717) is 4.47 Å². The van der Waals surface area contributed by atoms with Crippen LogP contribution in [0.3, 0.4) is 0 Å². The van der Waals surface area contributed by atoms with Gasteiger partial charge in [0.15, 0.2) is 0 Å². The molecule has 1 amide bonds. The summed E-state index contributed by atoms with van der Waals surface area (Å²) >= 11 is 14.8. The van der Waals surface area contributed by atoms with Crippen molar-refractivity contribution >= 4 is 56.5 Å². The van der Waals surface area contributed by atoms with Crippen LogP contribution >= 0.6 is 39.1 Å². The fraction of sp³-hybridized carbons (Fsp3) is 0. The lowest BCUT2D eigenvalue weighted by molar-refractivity contribution is 0.102. The minimum absolute atomic E-state index is 0.0692. The fourth-order valence-electron chi connectivity index (χ4n) is 1.42. The zero-order chi connectivity index (χ0) is 14.9. The van der Waals surface area contributed by atoms with Crippen molar-refractivity contribution in [3.8, 4) is 0 Å². The number of hydrogen-bond donors (Lipinski definition) is 2. The van der Waals surface area contributed by atoms with Crippen LogP contribution in [0.1, 0.15) is 10.4 Å². The summed E-state index contributed by atoms with van der Waals surface area (Å²) in [5.74, 6) is -0.880. The molecule has 104 valence electrons. The molecule has 3 N–H and O–H groups in total. The van der Waals surface area contributed by atoms with Gasteiger partial charge in [0, 0.05) is 10.7 Å². The van der Waals surface area contributed by atoms with Crippen molar-refractivity contribution in [3.05, 3.63) is 50.3 Å². The smallest absolute Gasteiger partial charge is 0.257 e. The number of nitrogens with two attached hydrogens (primary N) is 1. The molecule has 0 bridgehead atoms. The molecule has 20 heavy (non-hydrogen) atoms. The third kappa shape index (κ3) is 3.20. The Morgan fingerprint density at radius 3 is 2.60 bits per heavy atom. The molecule has 0 saturated carbocycles. The molecule has 0 atom stereocenters. The first-order valence-corrected chi connectivity index (χ1v) is 6.80. The highest BCUT2D eigenvalue weighted by Crippen LogP contribution is 2.32. The number of carbonyl (C=O) groups is 1. The van der Waals surface area contributed by atoms with Crippen LogP contribution in [0.25, 0.3) is 0 Å². The summed E-state index contributed by atoms with van der Waals surface area (Å²) in [6, 6.07) is 3.66. The van der Waals surface area contributed by atoms with Crippen molar-refractivity contribution in [2.75, 3.05) is 11.1 Å². The molecule has 0 aliphatic carbocycles. The van der Waals surface area contributed by atoms with E-state index in [-0.39, 0.29) is 27.1 Å². The first-order chi connectivity index (χ1) is 9.38. The Hall–Kier alpha value is -1.37. The van der Waals surface area contributed by atoms with Crippen LogP contribution in [0.15, 0.2) is 28.9 Å². The Labute approximate surface area is 132 Å². The number of benzene rings is 1. The topological polar surface area (TPSA) is 68.0 Å². The summed E-state index contributed by atoms with van der Waals surface area (Å²) < 4.78 is 13.4. The number of halogens is 4. The molecule has 0 unspecified atom stereocenters. The lowest BCUT2D eigenvalue weighted by Crippen LogP contribution is -2.13. The monoisotopic (exact) mass is 377 g/mol. The second-order valence-corrected chi connectivity index (χ2v) is 5.46. The van der Waals surface area contributed by atoms with E-state index in [4.69, 9.17) is 28.9 Å². The second kappa shape index (κ2) is 5.95. The van der Waals surface area contributed by atoms with Crippen LogP contribution in [0, 0.1) is 5.82 Å². The third-order valence-corrected chi connectivity index (χ3v) is 3.60. The minimum atomic E-state index is -0.517. The van der Waals surface area contributed by atoms with Crippen molar-refractivity contribution in [3.63, 3.8) is 0 Å². The van der Waals surface area contributed by atoms with Crippen molar-refractivity contribution < 1.29 is 9.18 Å². The number of amides is 1. The van der Waals surface area contributed by atoms with E-state index in [9.17, 15) is 9.18 Å². The second-order valence-electron chi connectivity index (χ2n) is 3.79. The van der Waals surface area contributed by atoms with Gasteiger partial charge >= 0.3 is 0 Å². The Morgan fingerprint density at radius 2 is 2.00 bits per heavy atom. The summed E-state index contributed by atoms with van der Waals surface area (Å²) in [4.78, 5) is 15.8. The minimum Gasteiger partial charge on any atom is -0.382 e. The van der Waals surface area contributed by atoms with E-state index in [2.05, 4.69) is 26.2 Å². The number of nitrogens with zero attached hydrogens (tertiary/aromatic N) is 1. The number of hydrogen-bond acceptors (Lipinski definition) is 3. The zero-order valence-corrected chi connectivity index (χ0v) is 12.9. The van der Waals surface area contributed by atoms with Crippen LogP contribution < -0.4 is 11.1 Å². The maximum Gasteiger partial charge on any atom is 0.257 e. The van der Waals surface area contributed by atoms with Gasteiger partial charge in [0.25, 0.3) is 5.91 Å². The van der Waals surface area contributed by atoms with Gasteiger partial charge in [-0.05, 0) is 34.1 Å². The van der Waals surface area contributed by atoms with Crippen molar-refractivity contribution in [1.82, 2.24) is 4.98 Å². The van der Waals surface area contributed by atoms with Crippen molar-refractivity contribution in [2.45, 2.75) is 0 Å². The van der Waals surface area contributed by atoms with Gasteiger partial charge in [-0.3, -0.25) is 4.79 Å². The average molecular weight is 379 g/mol. The number of rotatable bonds is 2. The highest BCUT2D eigenvalue weighted by Gasteiger charge is 2.14. The number of nitrogen functional groups attached to an aromatic ring is 1. The molecule has 1 heterocycles. The van der Waals surface area contributed by atoms with Crippen LogP contribution in [0.2, 0.25) is 10.0 Å². The maximum atomic E-state index is 13.1. The third-order valence-electron chi connectivity index (χ3n) is 2.38. The quantitative estimate of drug-likeness (QED) is 0.825. The number of carbonyl (C=O) groups excluding carboxylic acids is 1. The molecule has 0 radical (unpaired) electrons. The standard InChI is InChI=1S/C12H7BrCl2FN3O/c13-7-2-6(16)3-8(14)10(7)19-12(20)5-1-9(15)11(17)18-4-5/h1-4H,(H2,17,18)(H,19,20). The van der Waals surface area contributed by atoms with E-state index in [1.807, 2.05) is 0 Å². The number of nitrogens with one attached hydrogen (secondary N) is 1. The van der Waals surface area contributed by atoms with Gasteiger partial charge in [-0.15, -0.1) is 0 Å². The Bertz CT molecular complexity index is 673. The van der Waals surface area contributed by atoms with E-state index in [1.165, 1.54) is 18.3 Å². The van der Waals surface area contributed by atoms with E-state index < -0.39 is 11.7 Å². The number of pyridine rings is 1. The molecule has 0 saturated heterocycles. The summed E-state index contributed by atoms with van der Waals surface area (Å²) in [6.07, 6.45) is 1.28. The predicted molar refractivity (Wildman–Crippen MR) is 80.7 cm³/mol. The molecular formula is C12H7BrCl2FN3O. The van der Waals surface area contributed by atoms with Crippen LogP contribution in [-0.2, 0) is 0 Å². The highest BCUT2D eigenvalue weighted by atomic mass is 79.9. The number of anilines is 2.